The van der Waals surface area contributed by atoms with Crippen LogP contribution in [0, 0.1) is 6.92 Å². The predicted molar refractivity (Wildman–Crippen MR) is 50.4 cm³/mol. The SMILES string of the molecule is [CH2]CCCCC=C1CCCC1. The maximum Gasteiger partial charge on any atom is -0.0320 e. The molecule has 0 amide bonds. The van der Waals surface area contributed by atoms with Gasteiger partial charge in [0, 0.05) is 0 Å². The van der Waals surface area contributed by atoms with E-state index in [0.29, 0.717) is 0 Å². The van der Waals surface area contributed by atoms with E-state index in [0.717, 1.165) is 6.42 Å². The molecule has 0 N–H and O–H groups in total. The lowest BCUT2D eigenvalue weighted by Crippen LogP contribution is -1.75. The van der Waals surface area contributed by atoms with Crippen LogP contribution in [0.25, 0.3) is 0 Å². The number of rotatable bonds is 4. The quantitative estimate of drug-likeness (QED) is 0.422. The first-order chi connectivity index (χ1) is 5.43. The highest BCUT2D eigenvalue weighted by atomic mass is 14.1. The minimum atomic E-state index is 1.10. The molecule has 0 aromatic rings. The van der Waals surface area contributed by atoms with Gasteiger partial charge in [0.2, 0.25) is 0 Å². The molecule has 0 aromatic carbocycles. The van der Waals surface area contributed by atoms with Crippen molar-refractivity contribution in [3.8, 4) is 0 Å². The van der Waals surface area contributed by atoms with Crippen molar-refractivity contribution in [2.45, 2.75) is 51.4 Å². The molecule has 0 unspecified atom stereocenters. The van der Waals surface area contributed by atoms with Gasteiger partial charge in [-0.3, -0.25) is 0 Å². The van der Waals surface area contributed by atoms with Crippen LogP contribution in [0.1, 0.15) is 51.4 Å². The summed E-state index contributed by atoms with van der Waals surface area (Å²) in [5.74, 6) is 0. The Hall–Kier alpha value is -0.260. The van der Waals surface area contributed by atoms with Crippen LogP contribution in [-0.4, -0.2) is 0 Å². The molecule has 0 spiro atoms. The van der Waals surface area contributed by atoms with Gasteiger partial charge in [-0.05, 0) is 38.5 Å². The van der Waals surface area contributed by atoms with Crippen LogP contribution in [0.3, 0.4) is 0 Å². The van der Waals surface area contributed by atoms with E-state index in [1.165, 1.54) is 44.9 Å². The summed E-state index contributed by atoms with van der Waals surface area (Å²) >= 11 is 0. The molecular weight excluding hydrogens is 132 g/mol. The molecule has 0 heteroatoms. The Morgan fingerprint density at radius 3 is 2.55 bits per heavy atom. The van der Waals surface area contributed by atoms with Crippen LogP contribution >= 0.6 is 0 Å². The van der Waals surface area contributed by atoms with Crippen molar-refractivity contribution in [1.82, 2.24) is 0 Å². The van der Waals surface area contributed by atoms with Gasteiger partial charge in [0.1, 0.15) is 0 Å². The molecule has 1 saturated carbocycles. The molecule has 0 bridgehead atoms. The van der Waals surface area contributed by atoms with Crippen LogP contribution in [0.15, 0.2) is 11.6 Å². The average molecular weight is 151 g/mol. The Morgan fingerprint density at radius 2 is 1.91 bits per heavy atom. The standard InChI is InChI=1S/C11H19/c1-2-3-4-5-8-11-9-6-7-10-11/h8H,1-7,9-10H2. The van der Waals surface area contributed by atoms with Crippen molar-refractivity contribution in [2.24, 2.45) is 0 Å². The summed E-state index contributed by atoms with van der Waals surface area (Å²) in [4.78, 5) is 0. The summed E-state index contributed by atoms with van der Waals surface area (Å²) in [6, 6.07) is 0. The molecule has 0 aliphatic heterocycles. The number of allylic oxidation sites excluding steroid dienone is 2. The monoisotopic (exact) mass is 151 g/mol. The fourth-order valence-electron chi connectivity index (χ4n) is 1.66. The first-order valence-corrected chi connectivity index (χ1v) is 4.90. The molecule has 1 fully saturated rings. The third kappa shape index (κ3) is 3.60. The van der Waals surface area contributed by atoms with Gasteiger partial charge in [0.05, 0.1) is 0 Å². The second-order valence-electron chi connectivity index (χ2n) is 3.42. The normalized spacial score (nSPS) is 17.4. The third-order valence-electron chi connectivity index (χ3n) is 2.38. The van der Waals surface area contributed by atoms with E-state index in [2.05, 4.69) is 13.0 Å². The fourth-order valence-corrected chi connectivity index (χ4v) is 1.66. The number of hydrogen-bond acceptors (Lipinski definition) is 0. The Balaban J connectivity index is 2.03. The molecule has 0 aromatic heterocycles. The van der Waals surface area contributed by atoms with Crippen LogP contribution in [0.5, 0.6) is 0 Å². The molecule has 11 heavy (non-hydrogen) atoms. The lowest BCUT2D eigenvalue weighted by molar-refractivity contribution is 0.756. The lowest BCUT2D eigenvalue weighted by Gasteiger charge is -1.95. The Bertz CT molecular complexity index is 114. The molecule has 1 radical (unpaired) electrons. The van der Waals surface area contributed by atoms with Gasteiger partial charge in [-0.1, -0.05) is 31.4 Å². The zero-order valence-corrected chi connectivity index (χ0v) is 7.44. The van der Waals surface area contributed by atoms with Crippen molar-refractivity contribution in [2.75, 3.05) is 0 Å². The maximum absolute atomic E-state index is 3.83. The van der Waals surface area contributed by atoms with E-state index in [1.807, 2.05) is 0 Å². The van der Waals surface area contributed by atoms with Crippen molar-refractivity contribution in [3.05, 3.63) is 18.6 Å². The molecule has 0 heterocycles. The summed E-state index contributed by atoms with van der Waals surface area (Å²) in [5, 5.41) is 0. The van der Waals surface area contributed by atoms with Crippen molar-refractivity contribution in [3.63, 3.8) is 0 Å². The molecule has 0 atom stereocenters. The number of hydrogen-bond donors (Lipinski definition) is 0. The van der Waals surface area contributed by atoms with Gasteiger partial charge in [-0.25, -0.2) is 0 Å². The lowest BCUT2D eigenvalue weighted by atomic mass is 10.1. The Morgan fingerprint density at radius 1 is 1.18 bits per heavy atom. The van der Waals surface area contributed by atoms with E-state index in [4.69, 9.17) is 0 Å². The summed E-state index contributed by atoms with van der Waals surface area (Å²) in [6.07, 6.45) is 13.1. The second kappa shape index (κ2) is 5.40. The number of unbranched alkanes of at least 4 members (excludes halogenated alkanes) is 3. The Labute approximate surface area is 70.7 Å². The maximum atomic E-state index is 3.83. The van der Waals surface area contributed by atoms with E-state index >= 15 is 0 Å². The predicted octanol–water partition coefficient (Wildman–Crippen LogP) is 3.88. The van der Waals surface area contributed by atoms with Gasteiger partial charge in [-0.15, -0.1) is 0 Å². The minimum Gasteiger partial charge on any atom is -0.0853 e. The molecular formula is C11H19. The molecule has 1 aliphatic carbocycles. The van der Waals surface area contributed by atoms with Gasteiger partial charge in [0.25, 0.3) is 0 Å². The van der Waals surface area contributed by atoms with Crippen LogP contribution < -0.4 is 0 Å². The van der Waals surface area contributed by atoms with E-state index in [9.17, 15) is 0 Å². The topological polar surface area (TPSA) is 0 Å². The van der Waals surface area contributed by atoms with Crippen LogP contribution in [-0.2, 0) is 0 Å². The van der Waals surface area contributed by atoms with Crippen molar-refractivity contribution >= 4 is 0 Å². The first-order valence-electron chi connectivity index (χ1n) is 4.90. The molecule has 0 nitrogen and oxygen atoms in total. The summed E-state index contributed by atoms with van der Waals surface area (Å²) in [6.45, 7) is 3.83. The second-order valence-corrected chi connectivity index (χ2v) is 3.42. The van der Waals surface area contributed by atoms with E-state index in [1.54, 1.807) is 5.57 Å². The minimum absolute atomic E-state index is 1.10. The summed E-state index contributed by atoms with van der Waals surface area (Å²) < 4.78 is 0. The van der Waals surface area contributed by atoms with Crippen molar-refractivity contribution < 1.29 is 0 Å². The third-order valence-corrected chi connectivity index (χ3v) is 2.38. The van der Waals surface area contributed by atoms with Crippen LogP contribution in [0.4, 0.5) is 0 Å². The zero-order chi connectivity index (χ0) is 7.94. The van der Waals surface area contributed by atoms with Gasteiger partial charge >= 0.3 is 0 Å². The van der Waals surface area contributed by atoms with Gasteiger partial charge in [0.15, 0.2) is 0 Å². The van der Waals surface area contributed by atoms with Crippen LogP contribution in [0.2, 0.25) is 0 Å². The molecule has 0 saturated heterocycles. The average Bonchev–Trinajstić information content (AvgIpc) is 2.50. The molecule has 1 aliphatic rings. The highest BCUT2D eigenvalue weighted by molar-refractivity contribution is 5.05. The Kier molecular flexibility index (Phi) is 4.33. The summed E-state index contributed by atoms with van der Waals surface area (Å²) in [7, 11) is 0. The molecule has 1 rings (SSSR count). The first kappa shape index (κ1) is 8.83. The highest BCUT2D eigenvalue weighted by Gasteiger charge is 2.04. The summed E-state index contributed by atoms with van der Waals surface area (Å²) in [5.41, 5.74) is 1.72. The largest absolute Gasteiger partial charge is 0.0853 e. The van der Waals surface area contributed by atoms with Gasteiger partial charge in [-0.2, -0.15) is 0 Å². The molecule has 63 valence electrons. The zero-order valence-electron chi connectivity index (χ0n) is 7.44. The highest BCUT2D eigenvalue weighted by Crippen LogP contribution is 2.24. The van der Waals surface area contributed by atoms with E-state index < -0.39 is 0 Å². The smallest absolute Gasteiger partial charge is 0.0320 e. The fraction of sp³-hybridized carbons (Fsp3) is 0.727. The van der Waals surface area contributed by atoms with Crippen molar-refractivity contribution in [1.29, 1.82) is 0 Å². The van der Waals surface area contributed by atoms with Gasteiger partial charge < -0.3 is 0 Å². The van der Waals surface area contributed by atoms with E-state index in [-0.39, 0.29) is 0 Å².